The summed E-state index contributed by atoms with van der Waals surface area (Å²) in [7, 11) is 0. The van der Waals surface area contributed by atoms with E-state index in [0.29, 0.717) is 22.7 Å². The average Bonchev–Trinajstić information content (AvgIpc) is 2.83. The van der Waals surface area contributed by atoms with Gasteiger partial charge < -0.3 is 9.84 Å². The molecule has 0 saturated heterocycles. The number of carbonyl (C=O) groups is 1. The lowest BCUT2D eigenvalue weighted by Crippen LogP contribution is -1.98. The molecule has 0 bridgehead atoms. The van der Waals surface area contributed by atoms with Crippen molar-refractivity contribution >= 4 is 16.9 Å². The summed E-state index contributed by atoms with van der Waals surface area (Å²) < 4.78 is 5.51. The van der Waals surface area contributed by atoms with E-state index in [2.05, 4.69) is 15.2 Å². The van der Waals surface area contributed by atoms with Crippen molar-refractivity contribution < 1.29 is 14.6 Å². The number of pyridine rings is 1. The first-order valence-corrected chi connectivity index (χ1v) is 5.96. The number of carboxylic acids is 1. The Labute approximate surface area is 114 Å². The molecule has 0 unspecified atom stereocenters. The van der Waals surface area contributed by atoms with Crippen LogP contribution < -0.4 is 4.74 Å². The highest BCUT2D eigenvalue weighted by molar-refractivity contribution is 6.02. The zero-order chi connectivity index (χ0) is 14.1. The number of aryl methyl sites for hydroxylation is 1. The second kappa shape index (κ2) is 4.65. The van der Waals surface area contributed by atoms with Crippen LogP contribution in [0.2, 0.25) is 0 Å². The third kappa shape index (κ3) is 2.18. The van der Waals surface area contributed by atoms with E-state index in [0.717, 1.165) is 5.69 Å². The molecule has 3 aromatic rings. The molecule has 100 valence electrons. The number of ether oxygens (including phenoxy) is 1. The van der Waals surface area contributed by atoms with Gasteiger partial charge in [-0.1, -0.05) is 6.07 Å². The van der Waals surface area contributed by atoms with Gasteiger partial charge in [0.1, 0.15) is 0 Å². The largest absolute Gasteiger partial charge is 0.478 e. The number of aromatic amines is 1. The highest BCUT2D eigenvalue weighted by atomic mass is 16.5. The number of nitrogens with one attached hydrogen (secondary N) is 1. The minimum atomic E-state index is -0.978. The van der Waals surface area contributed by atoms with Gasteiger partial charge in [0.05, 0.1) is 11.1 Å². The maximum absolute atomic E-state index is 11.1. The van der Waals surface area contributed by atoms with Gasteiger partial charge in [-0.3, -0.25) is 5.10 Å². The molecule has 0 aliphatic heterocycles. The highest BCUT2D eigenvalue weighted by Gasteiger charge is 2.10. The van der Waals surface area contributed by atoms with Crippen LogP contribution in [0.25, 0.3) is 10.9 Å². The Kier molecular flexibility index (Phi) is 2.83. The molecule has 0 radical (unpaired) electrons. The van der Waals surface area contributed by atoms with E-state index in [4.69, 9.17) is 9.84 Å². The number of aromatic carboxylic acids is 1. The van der Waals surface area contributed by atoms with Crippen LogP contribution in [0.3, 0.4) is 0 Å². The smallest absolute Gasteiger partial charge is 0.336 e. The number of H-pyrrole nitrogens is 1. The molecular weight excluding hydrogens is 258 g/mol. The number of nitrogens with zero attached hydrogens (tertiary/aromatic N) is 2. The molecule has 2 heterocycles. The molecule has 0 amide bonds. The summed E-state index contributed by atoms with van der Waals surface area (Å²) in [4.78, 5) is 15.4. The third-order valence-corrected chi connectivity index (χ3v) is 2.83. The summed E-state index contributed by atoms with van der Waals surface area (Å²) >= 11 is 0. The Bertz CT molecular complexity index is 795. The fourth-order valence-corrected chi connectivity index (χ4v) is 1.93. The zero-order valence-corrected chi connectivity index (χ0v) is 10.6. The number of hydrogen-bond acceptors (Lipinski definition) is 4. The number of fused-ring (bicyclic) bond motifs is 1. The van der Waals surface area contributed by atoms with Crippen LogP contribution in [0.1, 0.15) is 16.1 Å². The lowest BCUT2D eigenvalue weighted by Gasteiger charge is -2.04. The van der Waals surface area contributed by atoms with E-state index in [1.54, 1.807) is 36.4 Å². The van der Waals surface area contributed by atoms with Gasteiger partial charge in [-0.25, -0.2) is 9.78 Å². The summed E-state index contributed by atoms with van der Waals surface area (Å²) in [5, 5.41) is 16.4. The molecule has 0 aliphatic carbocycles. The SMILES string of the molecule is Cc1cc(Oc2ccc3c(C(=O)O)cccc3n2)n[nH]1. The van der Waals surface area contributed by atoms with Crippen molar-refractivity contribution in [1.82, 2.24) is 15.2 Å². The molecule has 6 heteroatoms. The predicted octanol–water partition coefficient (Wildman–Crippen LogP) is 2.76. The van der Waals surface area contributed by atoms with Crippen molar-refractivity contribution in [3.63, 3.8) is 0 Å². The molecule has 2 aromatic heterocycles. The van der Waals surface area contributed by atoms with Crippen LogP contribution in [0, 0.1) is 6.92 Å². The van der Waals surface area contributed by atoms with Gasteiger partial charge >= 0.3 is 5.97 Å². The lowest BCUT2D eigenvalue weighted by molar-refractivity contribution is 0.0699. The molecule has 6 nitrogen and oxygen atoms in total. The summed E-state index contributed by atoms with van der Waals surface area (Å²) in [5.41, 5.74) is 1.67. The van der Waals surface area contributed by atoms with Crippen molar-refractivity contribution in [1.29, 1.82) is 0 Å². The number of carboxylic acid groups (broad SMARTS) is 1. The third-order valence-electron chi connectivity index (χ3n) is 2.83. The van der Waals surface area contributed by atoms with Gasteiger partial charge in [0.2, 0.25) is 11.8 Å². The van der Waals surface area contributed by atoms with Gasteiger partial charge in [0, 0.05) is 23.2 Å². The Morgan fingerprint density at radius 1 is 1.25 bits per heavy atom. The maximum Gasteiger partial charge on any atom is 0.336 e. The van der Waals surface area contributed by atoms with Crippen LogP contribution >= 0.6 is 0 Å². The maximum atomic E-state index is 11.1. The highest BCUT2D eigenvalue weighted by Crippen LogP contribution is 2.23. The van der Waals surface area contributed by atoms with E-state index in [9.17, 15) is 4.79 Å². The standard InChI is InChI=1S/C14H11N3O3/c1-8-7-13(17-16-8)20-12-6-5-9-10(14(18)19)3-2-4-11(9)15-12/h2-7H,1H3,(H,16,17)(H,18,19). The molecule has 0 atom stereocenters. The van der Waals surface area contributed by atoms with Crippen molar-refractivity contribution in [3.8, 4) is 11.8 Å². The second-order valence-corrected chi connectivity index (χ2v) is 4.32. The van der Waals surface area contributed by atoms with E-state index < -0.39 is 5.97 Å². The van der Waals surface area contributed by atoms with Gasteiger partial charge in [0.15, 0.2) is 0 Å². The molecule has 0 aliphatic rings. The van der Waals surface area contributed by atoms with Gasteiger partial charge in [0.25, 0.3) is 0 Å². The van der Waals surface area contributed by atoms with Crippen LogP contribution in [-0.2, 0) is 0 Å². The van der Waals surface area contributed by atoms with Crippen molar-refractivity contribution in [2.24, 2.45) is 0 Å². The summed E-state index contributed by atoms with van der Waals surface area (Å²) in [5.74, 6) is -0.190. The summed E-state index contributed by atoms with van der Waals surface area (Å²) in [6.45, 7) is 1.87. The molecule has 0 saturated carbocycles. The van der Waals surface area contributed by atoms with Crippen molar-refractivity contribution in [2.75, 3.05) is 0 Å². The molecule has 1 aromatic carbocycles. The number of hydrogen-bond donors (Lipinski definition) is 2. The summed E-state index contributed by atoms with van der Waals surface area (Å²) in [6, 6.07) is 9.99. The normalized spacial score (nSPS) is 10.7. The topological polar surface area (TPSA) is 88.1 Å². The molecule has 2 N–H and O–H groups in total. The van der Waals surface area contributed by atoms with E-state index in [-0.39, 0.29) is 5.56 Å². The Morgan fingerprint density at radius 3 is 2.80 bits per heavy atom. The van der Waals surface area contributed by atoms with Gasteiger partial charge in [-0.2, -0.15) is 0 Å². The first-order chi connectivity index (χ1) is 9.63. The van der Waals surface area contributed by atoms with Crippen molar-refractivity contribution in [2.45, 2.75) is 6.92 Å². The Hall–Kier alpha value is -2.89. The Balaban J connectivity index is 2.01. The van der Waals surface area contributed by atoms with Crippen LogP contribution in [0.4, 0.5) is 0 Å². The minimum absolute atomic E-state index is 0.220. The molecule has 0 fully saturated rings. The monoisotopic (exact) mass is 269 g/mol. The van der Waals surface area contributed by atoms with E-state index in [1.165, 1.54) is 0 Å². The molecule has 20 heavy (non-hydrogen) atoms. The fraction of sp³-hybridized carbons (Fsp3) is 0.0714. The first kappa shape index (κ1) is 12.2. The number of benzene rings is 1. The summed E-state index contributed by atoms with van der Waals surface area (Å²) in [6.07, 6.45) is 0. The van der Waals surface area contributed by atoms with Gasteiger partial charge in [-0.05, 0) is 25.1 Å². The average molecular weight is 269 g/mol. The van der Waals surface area contributed by atoms with Crippen LogP contribution in [0.5, 0.6) is 11.8 Å². The van der Waals surface area contributed by atoms with Crippen LogP contribution in [0.15, 0.2) is 36.4 Å². The quantitative estimate of drug-likeness (QED) is 0.763. The molecule has 0 spiro atoms. The Morgan fingerprint density at radius 2 is 2.10 bits per heavy atom. The van der Waals surface area contributed by atoms with Gasteiger partial charge in [-0.15, -0.1) is 5.10 Å². The lowest BCUT2D eigenvalue weighted by atomic mass is 10.1. The van der Waals surface area contributed by atoms with Crippen molar-refractivity contribution in [3.05, 3.63) is 47.7 Å². The zero-order valence-electron chi connectivity index (χ0n) is 10.6. The minimum Gasteiger partial charge on any atom is -0.478 e. The molecular formula is C14H11N3O3. The van der Waals surface area contributed by atoms with E-state index in [1.807, 2.05) is 6.92 Å². The first-order valence-electron chi connectivity index (χ1n) is 5.96. The van der Waals surface area contributed by atoms with Crippen LogP contribution in [-0.4, -0.2) is 26.3 Å². The van der Waals surface area contributed by atoms with E-state index >= 15 is 0 Å². The predicted molar refractivity (Wildman–Crippen MR) is 72.1 cm³/mol. The number of aromatic nitrogens is 3. The fourth-order valence-electron chi connectivity index (χ4n) is 1.93. The molecule has 3 rings (SSSR count). The number of rotatable bonds is 3. The second-order valence-electron chi connectivity index (χ2n) is 4.32.